The van der Waals surface area contributed by atoms with Crippen molar-refractivity contribution >= 4 is 34.5 Å². The third-order valence-corrected chi connectivity index (χ3v) is 3.34. The first-order valence-electron chi connectivity index (χ1n) is 5.06. The number of carbonyl (C=O) groups is 2. The molecule has 4 N–H and O–H groups in total. The molecule has 1 atom stereocenters. The molecule has 0 spiro atoms. The Morgan fingerprint density at radius 3 is 2.50 bits per heavy atom. The maximum atomic E-state index is 11.8. The Hall–Kier alpha value is -1.19. The van der Waals surface area contributed by atoms with Crippen molar-refractivity contribution in [2.75, 3.05) is 13.2 Å². The molecule has 7 heteroatoms. The number of nitrogens with one attached hydrogen (secondary N) is 1. The Morgan fingerprint density at radius 2 is 1.94 bits per heavy atom. The lowest BCUT2D eigenvalue weighted by atomic mass is 10.1. The summed E-state index contributed by atoms with van der Waals surface area (Å²) in [6, 6.07) is 4.38. The number of aliphatic hydroxyl groups excluding tert-OH is 2. The van der Waals surface area contributed by atoms with Crippen LogP contribution in [0.5, 0.6) is 0 Å². The summed E-state index contributed by atoms with van der Waals surface area (Å²) < 4.78 is 0.332. The Morgan fingerprint density at radius 1 is 1.33 bits per heavy atom. The second kappa shape index (κ2) is 6.66. The predicted octanol–water partition coefficient (Wildman–Crippen LogP) is 0.0724. The minimum atomic E-state index is -1.11. The maximum Gasteiger partial charge on any atom is 0.336 e. The molecular weight excluding hydrogens is 353 g/mol. The quantitative estimate of drug-likeness (QED) is 0.553. The molecular formula is C11H12INO5. The summed E-state index contributed by atoms with van der Waals surface area (Å²) in [5.74, 6) is -1.60. The van der Waals surface area contributed by atoms with Gasteiger partial charge in [0.25, 0.3) is 5.91 Å². The molecule has 1 aromatic rings. The minimum Gasteiger partial charge on any atom is -0.478 e. The van der Waals surface area contributed by atoms with Crippen LogP contribution in [0, 0.1) is 3.57 Å². The fourth-order valence-electron chi connectivity index (χ4n) is 1.24. The van der Waals surface area contributed by atoms with Gasteiger partial charge in [-0.25, -0.2) is 4.79 Å². The number of aliphatic hydroxyl groups is 2. The highest BCUT2D eigenvalue weighted by atomic mass is 127. The van der Waals surface area contributed by atoms with Crippen LogP contribution in [0.1, 0.15) is 20.7 Å². The second-order valence-electron chi connectivity index (χ2n) is 3.52. The lowest BCUT2D eigenvalue weighted by Crippen LogP contribution is -2.34. The highest BCUT2D eigenvalue weighted by Crippen LogP contribution is 2.17. The van der Waals surface area contributed by atoms with Gasteiger partial charge in [-0.05, 0) is 34.7 Å². The summed E-state index contributed by atoms with van der Waals surface area (Å²) >= 11 is 1.78. The van der Waals surface area contributed by atoms with Crippen molar-refractivity contribution in [3.8, 4) is 0 Å². The molecule has 1 rings (SSSR count). The summed E-state index contributed by atoms with van der Waals surface area (Å²) in [6.07, 6.45) is -1.03. The van der Waals surface area contributed by atoms with E-state index in [-0.39, 0.29) is 17.7 Å². The number of carboxylic acid groups (broad SMARTS) is 1. The Kier molecular flexibility index (Phi) is 5.51. The van der Waals surface area contributed by atoms with Crippen LogP contribution in [0.15, 0.2) is 18.2 Å². The lowest BCUT2D eigenvalue weighted by molar-refractivity contribution is 0.0695. The van der Waals surface area contributed by atoms with Gasteiger partial charge in [0, 0.05) is 10.1 Å². The van der Waals surface area contributed by atoms with Crippen LogP contribution in [-0.2, 0) is 0 Å². The molecule has 6 nitrogen and oxygen atoms in total. The number of aromatic carboxylic acids is 1. The van der Waals surface area contributed by atoms with Crippen molar-refractivity contribution in [2.45, 2.75) is 6.10 Å². The van der Waals surface area contributed by atoms with Gasteiger partial charge < -0.3 is 20.6 Å². The molecule has 0 aliphatic heterocycles. The number of halogens is 1. The molecule has 0 radical (unpaired) electrons. The van der Waals surface area contributed by atoms with Crippen molar-refractivity contribution in [3.05, 3.63) is 32.9 Å². The van der Waals surface area contributed by atoms with Gasteiger partial charge in [0.2, 0.25) is 0 Å². The zero-order chi connectivity index (χ0) is 13.7. The largest absolute Gasteiger partial charge is 0.478 e. The number of hydrogen-bond acceptors (Lipinski definition) is 4. The van der Waals surface area contributed by atoms with E-state index < -0.39 is 24.6 Å². The topological polar surface area (TPSA) is 107 Å². The smallest absolute Gasteiger partial charge is 0.336 e. The predicted molar refractivity (Wildman–Crippen MR) is 71.5 cm³/mol. The molecule has 1 amide bonds. The van der Waals surface area contributed by atoms with Gasteiger partial charge in [0.1, 0.15) is 0 Å². The van der Waals surface area contributed by atoms with Crippen LogP contribution >= 0.6 is 22.6 Å². The molecule has 0 saturated carbocycles. The SMILES string of the molecule is O=C(O)c1cccc(C(=O)NCC(O)CO)c1I. The van der Waals surface area contributed by atoms with Gasteiger partial charge in [-0.2, -0.15) is 0 Å². The van der Waals surface area contributed by atoms with E-state index in [1.807, 2.05) is 0 Å². The van der Waals surface area contributed by atoms with E-state index in [1.165, 1.54) is 18.2 Å². The van der Waals surface area contributed by atoms with Crippen LogP contribution in [0.4, 0.5) is 0 Å². The number of carbonyl (C=O) groups excluding carboxylic acids is 1. The Labute approximate surface area is 117 Å². The van der Waals surface area contributed by atoms with Gasteiger partial charge >= 0.3 is 5.97 Å². The van der Waals surface area contributed by atoms with E-state index in [1.54, 1.807) is 22.6 Å². The molecule has 98 valence electrons. The number of hydrogen-bond donors (Lipinski definition) is 4. The summed E-state index contributed by atoms with van der Waals surface area (Å²) in [7, 11) is 0. The first-order chi connectivity index (χ1) is 8.47. The molecule has 1 unspecified atom stereocenters. The van der Waals surface area contributed by atoms with Gasteiger partial charge in [-0.1, -0.05) is 6.07 Å². The lowest BCUT2D eigenvalue weighted by Gasteiger charge is -2.10. The van der Waals surface area contributed by atoms with Crippen LogP contribution in [-0.4, -0.2) is 46.5 Å². The monoisotopic (exact) mass is 365 g/mol. The number of carboxylic acids is 1. The summed E-state index contributed by atoms with van der Waals surface area (Å²) in [6.45, 7) is -0.546. The van der Waals surface area contributed by atoms with Crippen molar-refractivity contribution in [1.82, 2.24) is 5.32 Å². The molecule has 1 aromatic carbocycles. The fourth-order valence-corrected chi connectivity index (χ4v) is 2.08. The van der Waals surface area contributed by atoms with E-state index >= 15 is 0 Å². The van der Waals surface area contributed by atoms with Gasteiger partial charge in [-0.3, -0.25) is 4.79 Å². The standard InChI is InChI=1S/C11H12INO5/c12-9-7(2-1-3-8(9)11(17)18)10(16)13-4-6(15)5-14/h1-3,6,14-15H,4-5H2,(H,13,16)(H,17,18). The highest BCUT2D eigenvalue weighted by molar-refractivity contribution is 14.1. The average molecular weight is 365 g/mol. The molecule has 0 aromatic heterocycles. The molecule has 0 fully saturated rings. The van der Waals surface area contributed by atoms with E-state index in [4.69, 9.17) is 15.3 Å². The van der Waals surface area contributed by atoms with Gasteiger partial charge in [0.15, 0.2) is 0 Å². The Balaban J connectivity index is 2.86. The van der Waals surface area contributed by atoms with Crippen molar-refractivity contribution in [1.29, 1.82) is 0 Å². The van der Waals surface area contributed by atoms with Crippen LogP contribution in [0.3, 0.4) is 0 Å². The molecule has 0 aliphatic rings. The number of benzene rings is 1. The van der Waals surface area contributed by atoms with Crippen molar-refractivity contribution in [2.24, 2.45) is 0 Å². The first kappa shape index (κ1) is 14.9. The summed E-state index contributed by atoms with van der Waals surface area (Å²) in [4.78, 5) is 22.7. The van der Waals surface area contributed by atoms with E-state index in [0.717, 1.165) is 0 Å². The molecule has 0 bridgehead atoms. The molecule has 0 aliphatic carbocycles. The zero-order valence-electron chi connectivity index (χ0n) is 9.26. The third-order valence-electron chi connectivity index (χ3n) is 2.18. The van der Waals surface area contributed by atoms with Gasteiger partial charge in [0.05, 0.1) is 23.8 Å². The zero-order valence-corrected chi connectivity index (χ0v) is 11.4. The van der Waals surface area contributed by atoms with E-state index in [0.29, 0.717) is 3.57 Å². The maximum absolute atomic E-state index is 11.8. The van der Waals surface area contributed by atoms with Gasteiger partial charge in [-0.15, -0.1) is 0 Å². The second-order valence-corrected chi connectivity index (χ2v) is 4.60. The first-order valence-corrected chi connectivity index (χ1v) is 6.14. The Bertz CT molecular complexity index is 463. The molecule has 0 heterocycles. The number of rotatable bonds is 5. The van der Waals surface area contributed by atoms with Crippen LogP contribution in [0.2, 0.25) is 0 Å². The minimum absolute atomic E-state index is 0.0472. The normalized spacial score (nSPS) is 11.9. The summed E-state index contributed by atoms with van der Waals surface area (Å²) in [5, 5.41) is 29.0. The molecule has 0 saturated heterocycles. The van der Waals surface area contributed by atoms with Crippen molar-refractivity contribution < 1.29 is 24.9 Å². The highest BCUT2D eigenvalue weighted by Gasteiger charge is 2.16. The van der Waals surface area contributed by atoms with Crippen molar-refractivity contribution in [3.63, 3.8) is 0 Å². The fraction of sp³-hybridized carbons (Fsp3) is 0.273. The third kappa shape index (κ3) is 3.65. The molecule has 18 heavy (non-hydrogen) atoms. The summed E-state index contributed by atoms with van der Waals surface area (Å²) in [5.41, 5.74) is 0.270. The number of amides is 1. The van der Waals surface area contributed by atoms with E-state index in [9.17, 15) is 9.59 Å². The van der Waals surface area contributed by atoms with Crippen LogP contribution in [0.25, 0.3) is 0 Å². The average Bonchev–Trinajstić information content (AvgIpc) is 2.35. The van der Waals surface area contributed by atoms with Crippen LogP contribution < -0.4 is 5.32 Å². The van der Waals surface area contributed by atoms with E-state index in [2.05, 4.69) is 5.32 Å².